The van der Waals surface area contributed by atoms with Gasteiger partial charge < -0.3 is 10.1 Å². The van der Waals surface area contributed by atoms with Crippen molar-refractivity contribution in [2.75, 3.05) is 25.5 Å². The van der Waals surface area contributed by atoms with E-state index in [1.54, 1.807) is 19.5 Å². The van der Waals surface area contributed by atoms with Crippen LogP contribution >= 0.6 is 0 Å². The quantitative estimate of drug-likeness (QED) is 0.621. The molecule has 1 saturated heterocycles. The van der Waals surface area contributed by atoms with Crippen molar-refractivity contribution in [2.45, 2.75) is 6.04 Å². The Morgan fingerprint density at radius 3 is 2.70 bits per heavy atom. The summed E-state index contributed by atoms with van der Waals surface area (Å²) in [6, 6.07) is 16.0. The minimum Gasteiger partial charge on any atom is -0.497 e. The lowest BCUT2D eigenvalue weighted by Crippen LogP contribution is -2.26. The predicted molar refractivity (Wildman–Crippen MR) is 104 cm³/mol. The van der Waals surface area contributed by atoms with Crippen LogP contribution in [0.2, 0.25) is 0 Å². The van der Waals surface area contributed by atoms with Gasteiger partial charge >= 0.3 is 0 Å². The number of rotatable bonds is 6. The van der Waals surface area contributed by atoms with Crippen LogP contribution in [0.25, 0.3) is 11.4 Å². The molecule has 0 bridgehead atoms. The molecule has 2 atom stereocenters. The summed E-state index contributed by atoms with van der Waals surface area (Å²) in [6.45, 7) is 1.62. The average Bonchev–Trinajstić information content (AvgIpc) is 3.22. The molecule has 2 unspecified atom stereocenters. The van der Waals surface area contributed by atoms with Crippen molar-refractivity contribution in [1.29, 1.82) is 0 Å². The van der Waals surface area contributed by atoms with Crippen LogP contribution in [-0.2, 0) is 0 Å². The second-order valence-corrected chi connectivity index (χ2v) is 6.40. The standard InChI is InChI=1S/C20H22N6O/c1-27-16-7-5-14(6-8-16)19-15(13-24-26-19)12-23-20-22-11-9-18(25-20)17-4-2-3-10-21-17/h2-11,15,19,24,26H,12-13H2,1H3,(H,22,23,25). The summed E-state index contributed by atoms with van der Waals surface area (Å²) >= 11 is 0. The van der Waals surface area contributed by atoms with Crippen LogP contribution in [0.4, 0.5) is 5.95 Å². The summed E-state index contributed by atoms with van der Waals surface area (Å²) in [6.07, 6.45) is 3.52. The van der Waals surface area contributed by atoms with Gasteiger partial charge in [0.25, 0.3) is 0 Å². The van der Waals surface area contributed by atoms with Gasteiger partial charge in [0, 0.05) is 31.4 Å². The number of hydrazine groups is 1. The van der Waals surface area contributed by atoms with Crippen molar-refractivity contribution in [1.82, 2.24) is 25.8 Å². The minimum atomic E-state index is 0.211. The largest absolute Gasteiger partial charge is 0.497 e. The Balaban J connectivity index is 1.43. The molecule has 7 nitrogen and oxygen atoms in total. The lowest BCUT2D eigenvalue weighted by Gasteiger charge is -2.19. The minimum absolute atomic E-state index is 0.211. The summed E-state index contributed by atoms with van der Waals surface area (Å²) in [4.78, 5) is 13.3. The first-order valence-electron chi connectivity index (χ1n) is 8.94. The summed E-state index contributed by atoms with van der Waals surface area (Å²) < 4.78 is 5.24. The number of methoxy groups -OCH3 is 1. The molecule has 3 heterocycles. The zero-order chi connectivity index (χ0) is 18.5. The van der Waals surface area contributed by atoms with E-state index in [2.05, 4.69) is 43.3 Å². The van der Waals surface area contributed by atoms with Gasteiger partial charge in [-0.2, -0.15) is 0 Å². The molecule has 0 spiro atoms. The number of benzene rings is 1. The molecular weight excluding hydrogens is 340 g/mol. The van der Waals surface area contributed by atoms with Gasteiger partial charge in [-0.25, -0.2) is 15.4 Å². The second-order valence-electron chi connectivity index (χ2n) is 6.40. The number of nitrogens with one attached hydrogen (secondary N) is 3. The Morgan fingerprint density at radius 2 is 1.93 bits per heavy atom. The highest BCUT2D eigenvalue weighted by Gasteiger charge is 2.28. The number of nitrogens with zero attached hydrogens (tertiary/aromatic N) is 3. The Bertz CT molecular complexity index is 871. The Hall–Kier alpha value is -3.03. The first-order valence-corrected chi connectivity index (χ1v) is 8.94. The van der Waals surface area contributed by atoms with Gasteiger partial charge in [-0.3, -0.25) is 10.4 Å². The van der Waals surface area contributed by atoms with Crippen molar-refractivity contribution in [3.05, 3.63) is 66.5 Å². The van der Waals surface area contributed by atoms with Gasteiger partial charge in [0.05, 0.1) is 24.5 Å². The van der Waals surface area contributed by atoms with Crippen LogP contribution in [0.5, 0.6) is 5.75 Å². The Kier molecular flexibility index (Phi) is 5.22. The first-order chi connectivity index (χ1) is 13.3. The third-order valence-electron chi connectivity index (χ3n) is 4.67. The highest BCUT2D eigenvalue weighted by atomic mass is 16.5. The van der Waals surface area contributed by atoms with E-state index in [4.69, 9.17) is 4.74 Å². The zero-order valence-electron chi connectivity index (χ0n) is 15.1. The summed E-state index contributed by atoms with van der Waals surface area (Å²) in [5.41, 5.74) is 9.47. The third-order valence-corrected chi connectivity index (χ3v) is 4.67. The van der Waals surface area contributed by atoms with E-state index in [1.165, 1.54) is 5.56 Å². The van der Waals surface area contributed by atoms with Crippen LogP contribution < -0.4 is 20.9 Å². The molecule has 0 aliphatic carbocycles. The van der Waals surface area contributed by atoms with Gasteiger partial charge in [-0.1, -0.05) is 18.2 Å². The molecular formula is C20H22N6O. The van der Waals surface area contributed by atoms with Gasteiger partial charge in [0.2, 0.25) is 5.95 Å². The molecule has 138 valence electrons. The molecule has 3 N–H and O–H groups in total. The van der Waals surface area contributed by atoms with Gasteiger partial charge in [0.1, 0.15) is 5.75 Å². The van der Waals surface area contributed by atoms with Crippen molar-refractivity contribution in [3.8, 4) is 17.1 Å². The molecule has 7 heteroatoms. The third kappa shape index (κ3) is 4.05. The molecule has 0 amide bonds. The smallest absolute Gasteiger partial charge is 0.223 e. The number of aromatic nitrogens is 3. The number of hydrogen-bond acceptors (Lipinski definition) is 7. The fourth-order valence-corrected chi connectivity index (χ4v) is 3.22. The van der Waals surface area contributed by atoms with Crippen LogP contribution in [0.1, 0.15) is 11.6 Å². The predicted octanol–water partition coefficient (Wildman–Crippen LogP) is 2.42. The number of hydrogen-bond donors (Lipinski definition) is 3. The average molecular weight is 362 g/mol. The van der Waals surface area contributed by atoms with Gasteiger partial charge in [0.15, 0.2) is 0 Å². The number of anilines is 1. The van der Waals surface area contributed by atoms with E-state index in [-0.39, 0.29) is 6.04 Å². The van der Waals surface area contributed by atoms with Crippen LogP contribution in [0.3, 0.4) is 0 Å². The van der Waals surface area contributed by atoms with Crippen LogP contribution in [0.15, 0.2) is 60.9 Å². The molecule has 3 aromatic rings. The number of pyridine rings is 1. The topological polar surface area (TPSA) is 84.0 Å². The highest BCUT2D eigenvalue weighted by molar-refractivity contribution is 5.54. The normalized spacial score (nSPS) is 19.0. The van der Waals surface area contributed by atoms with E-state index >= 15 is 0 Å². The molecule has 1 aliphatic heterocycles. The fraction of sp³-hybridized carbons (Fsp3) is 0.250. The zero-order valence-corrected chi connectivity index (χ0v) is 15.1. The van der Waals surface area contributed by atoms with E-state index in [9.17, 15) is 0 Å². The maximum Gasteiger partial charge on any atom is 0.223 e. The lowest BCUT2D eigenvalue weighted by atomic mass is 9.95. The molecule has 0 saturated carbocycles. The highest BCUT2D eigenvalue weighted by Crippen LogP contribution is 2.26. The van der Waals surface area contributed by atoms with Gasteiger partial charge in [-0.15, -0.1) is 0 Å². The van der Waals surface area contributed by atoms with Crippen molar-refractivity contribution in [3.63, 3.8) is 0 Å². The van der Waals surface area contributed by atoms with E-state index in [0.717, 1.165) is 30.2 Å². The maximum atomic E-state index is 5.24. The van der Waals surface area contributed by atoms with E-state index < -0.39 is 0 Å². The van der Waals surface area contributed by atoms with E-state index in [0.29, 0.717) is 11.9 Å². The van der Waals surface area contributed by atoms with E-state index in [1.807, 2.05) is 36.4 Å². The monoisotopic (exact) mass is 362 g/mol. The maximum absolute atomic E-state index is 5.24. The fourth-order valence-electron chi connectivity index (χ4n) is 3.22. The molecule has 4 rings (SSSR count). The van der Waals surface area contributed by atoms with Crippen LogP contribution in [-0.4, -0.2) is 35.2 Å². The first kappa shape index (κ1) is 17.4. The van der Waals surface area contributed by atoms with Gasteiger partial charge in [-0.05, 0) is 35.9 Å². The Morgan fingerprint density at radius 1 is 1.04 bits per heavy atom. The lowest BCUT2D eigenvalue weighted by molar-refractivity contribution is 0.414. The molecule has 1 aromatic carbocycles. The molecule has 1 fully saturated rings. The summed E-state index contributed by atoms with van der Waals surface area (Å²) in [5, 5.41) is 3.36. The molecule has 2 aromatic heterocycles. The SMILES string of the molecule is COc1ccc(C2NNCC2CNc2nccc(-c3ccccn3)n2)cc1. The second kappa shape index (κ2) is 8.11. The molecule has 27 heavy (non-hydrogen) atoms. The van der Waals surface area contributed by atoms with Crippen molar-refractivity contribution in [2.24, 2.45) is 5.92 Å². The molecule has 1 aliphatic rings. The molecule has 0 radical (unpaired) electrons. The van der Waals surface area contributed by atoms with Crippen LogP contribution in [0, 0.1) is 5.92 Å². The van der Waals surface area contributed by atoms with Crippen molar-refractivity contribution >= 4 is 5.95 Å². The van der Waals surface area contributed by atoms with Crippen molar-refractivity contribution < 1.29 is 4.74 Å². The summed E-state index contributed by atoms with van der Waals surface area (Å²) in [7, 11) is 1.68. The Labute approximate surface area is 158 Å². The number of ether oxygens (including phenoxy) is 1. The summed E-state index contributed by atoms with van der Waals surface area (Å²) in [5.74, 6) is 1.83.